The Morgan fingerprint density at radius 2 is 2.13 bits per heavy atom. The molecule has 1 aromatic rings. The van der Waals surface area contributed by atoms with Crippen molar-refractivity contribution in [3.63, 3.8) is 0 Å². The zero-order valence-corrected chi connectivity index (χ0v) is 9.33. The third-order valence-corrected chi connectivity index (χ3v) is 2.17. The molecule has 0 heterocycles. The van der Waals surface area contributed by atoms with E-state index in [2.05, 4.69) is 0 Å². The Morgan fingerprint density at radius 3 is 2.60 bits per heavy atom. The molecule has 2 N–H and O–H groups in total. The minimum atomic E-state index is -0.316. The maximum atomic E-state index is 13.6. The summed E-state index contributed by atoms with van der Waals surface area (Å²) in [5.41, 5.74) is 6.38. The van der Waals surface area contributed by atoms with E-state index in [1.54, 1.807) is 12.1 Å². The lowest BCUT2D eigenvalue weighted by Crippen LogP contribution is -2.26. The van der Waals surface area contributed by atoms with Crippen LogP contribution in [0.1, 0.15) is 11.6 Å². The lowest BCUT2D eigenvalue weighted by Gasteiger charge is -2.18. The van der Waals surface area contributed by atoms with Gasteiger partial charge >= 0.3 is 0 Å². The van der Waals surface area contributed by atoms with Gasteiger partial charge in [-0.25, -0.2) is 4.39 Å². The van der Waals surface area contributed by atoms with E-state index in [9.17, 15) is 4.39 Å². The van der Waals surface area contributed by atoms with Gasteiger partial charge in [-0.05, 0) is 20.2 Å². The molecule has 0 aromatic heterocycles. The van der Waals surface area contributed by atoms with Crippen LogP contribution in [0, 0.1) is 5.82 Å². The number of halogens is 1. The molecule has 1 unspecified atom stereocenters. The fourth-order valence-electron chi connectivity index (χ4n) is 1.43. The van der Waals surface area contributed by atoms with Crippen LogP contribution in [0.2, 0.25) is 0 Å². The van der Waals surface area contributed by atoms with Crippen LogP contribution in [0.5, 0.6) is 5.75 Å². The molecule has 84 valence electrons. The molecular weight excluding hydrogens is 195 g/mol. The van der Waals surface area contributed by atoms with Crippen LogP contribution in [0.4, 0.5) is 4.39 Å². The van der Waals surface area contributed by atoms with Crippen molar-refractivity contribution >= 4 is 0 Å². The number of methoxy groups -OCH3 is 1. The first kappa shape index (κ1) is 11.9. The average molecular weight is 212 g/mol. The zero-order chi connectivity index (χ0) is 11.4. The zero-order valence-electron chi connectivity index (χ0n) is 9.33. The molecule has 4 heteroatoms. The van der Waals surface area contributed by atoms with E-state index in [0.29, 0.717) is 17.9 Å². The van der Waals surface area contributed by atoms with E-state index in [1.807, 2.05) is 19.0 Å². The summed E-state index contributed by atoms with van der Waals surface area (Å²) in [4.78, 5) is 1.92. The van der Waals surface area contributed by atoms with Crippen molar-refractivity contribution in [3.8, 4) is 5.75 Å². The first-order chi connectivity index (χ1) is 7.04. The molecule has 0 saturated heterocycles. The van der Waals surface area contributed by atoms with Crippen LogP contribution in [0.3, 0.4) is 0 Å². The normalized spacial score (nSPS) is 12.9. The summed E-state index contributed by atoms with van der Waals surface area (Å²) in [6.45, 7) is 0.614. The van der Waals surface area contributed by atoms with Gasteiger partial charge in [0.2, 0.25) is 0 Å². The molecule has 1 rings (SSSR count). The Bertz CT molecular complexity index is 328. The quantitative estimate of drug-likeness (QED) is 0.819. The second-order valence-corrected chi connectivity index (χ2v) is 3.76. The first-order valence-electron chi connectivity index (χ1n) is 4.78. The molecule has 0 amide bonds. The summed E-state index contributed by atoms with van der Waals surface area (Å²) < 4.78 is 18.5. The summed E-state index contributed by atoms with van der Waals surface area (Å²) in [5.74, 6) is 0.192. The SMILES string of the molecule is COc1ccc(C(N)CN(C)C)c(F)c1. The van der Waals surface area contributed by atoms with Gasteiger partial charge in [-0.3, -0.25) is 0 Å². The summed E-state index contributed by atoms with van der Waals surface area (Å²) in [6.07, 6.45) is 0. The molecule has 15 heavy (non-hydrogen) atoms. The highest BCUT2D eigenvalue weighted by molar-refractivity contribution is 5.30. The van der Waals surface area contributed by atoms with Crippen LogP contribution in [0.15, 0.2) is 18.2 Å². The number of rotatable bonds is 4. The number of ether oxygens (including phenoxy) is 1. The van der Waals surface area contributed by atoms with Crippen molar-refractivity contribution in [2.45, 2.75) is 6.04 Å². The molecule has 0 fully saturated rings. The van der Waals surface area contributed by atoms with E-state index in [0.717, 1.165) is 0 Å². The lowest BCUT2D eigenvalue weighted by molar-refractivity contribution is 0.370. The number of nitrogens with zero attached hydrogens (tertiary/aromatic N) is 1. The highest BCUT2D eigenvalue weighted by Gasteiger charge is 2.12. The predicted molar refractivity (Wildman–Crippen MR) is 58.4 cm³/mol. The highest BCUT2D eigenvalue weighted by Crippen LogP contribution is 2.20. The molecule has 0 spiro atoms. The van der Waals surface area contributed by atoms with Gasteiger partial charge < -0.3 is 15.4 Å². The van der Waals surface area contributed by atoms with Gasteiger partial charge in [0, 0.05) is 24.2 Å². The van der Waals surface area contributed by atoms with Crippen molar-refractivity contribution in [2.75, 3.05) is 27.7 Å². The number of likely N-dealkylation sites (N-methyl/N-ethyl adjacent to an activating group) is 1. The second kappa shape index (κ2) is 5.09. The molecule has 0 radical (unpaired) electrons. The highest BCUT2D eigenvalue weighted by atomic mass is 19.1. The molecule has 0 bridgehead atoms. The van der Waals surface area contributed by atoms with E-state index in [4.69, 9.17) is 10.5 Å². The van der Waals surface area contributed by atoms with E-state index >= 15 is 0 Å². The van der Waals surface area contributed by atoms with Crippen molar-refractivity contribution < 1.29 is 9.13 Å². The Balaban J connectivity index is 2.85. The van der Waals surface area contributed by atoms with Gasteiger partial charge in [-0.15, -0.1) is 0 Å². The maximum absolute atomic E-state index is 13.6. The Morgan fingerprint density at radius 1 is 1.47 bits per heavy atom. The minimum absolute atomic E-state index is 0.314. The van der Waals surface area contributed by atoms with Crippen LogP contribution >= 0.6 is 0 Å². The van der Waals surface area contributed by atoms with Gasteiger partial charge in [0.25, 0.3) is 0 Å². The molecular formula is C11H17FN2O. The number of nitrogens with two attached hydrogens (primary N) is 1. The van der Waals surface area contributed by atoms with E-state index in [1.165, 1.54) is 13.2 Å². The molecule has 1 atom stereocenters. The van der Waals surface area contributed by atoms with Crippen molar-refractivity contribution in [1.82, 2.24) is 4.90 Å². The summed E-state index contributed by atoms with van der Waals surface area (Å²) in [6, 6.07) is 4.42. The van der Waals surface area contributed by atoms with Crippen molar-refractivity contribution in [1.29, 1.82) is 0 Å². The number of benzene rings is 1. The summed E-state index contributed by atoms with van der Waals surface area (Å²) in [5, 5.41) is 0. The number of hydrogen-bond acceptors (Lipinski definition) is 3. The Labute approximate surface area is 89.6 Å². The minimum Gasteiger partial charge on any atom is -0.497 e. The lowest BCUT2D eigenvalue weighted by atomic mass is 10.1. The van der Waals surface area contributed by atoms with Gasteiger partial charge in [0.05, 0.1) is 7.11 Å². The monoisotopic (exact) mass is 212 g/mol. The summed E-state index contributed by atoms with van der Waals surface area (Å²) in [7, 11) is 5.32. The van der Waals surface area contributed by atoms with Crippen LogP contribution in [-0.4, -0.2) is 32.6 Å². The van der Waals surface area contributed by atoms with E-state index < -0.39 is 0 Å². The molecule has 3 nitrogen and oxygen atoms in total. The van der Waals surface area contributed by atoms with Crippen LogP contribution in [-0.2, 0) is 0 Å². The smallest absolute Gasteiger partial charge is 0.131 e. The molecule has 0 aliphatic rings. The molecule has 0 aliphatic heterocycles. The van der Waals surface area contributed by atoms with Gasteiger partial charge in [-0.1, -0.05) is 6.07 Å². The predicted octanol–water partition coefficient (Wildman–Crippen LogP) is 1.40. The molecule has 0 saturated carbocycles. The Kier molecular flexibility index (Phi) is 4.05. The first-order valence-corrected chi connectivity index (χ1v) is 4.78. The average Bonchev–Trinajstić information content (AvgIpc) is 2.16. The standard InChI is InChI=1S/C11H17FN2O/c1-14(2)7-11(13)9-5-4-8(15-3)6-10(9)12/h4-6,11H,7,13H2,1-3H3. The topological polar surface area (TPSA) is 38.5 Å². The van der Waals surface area contributed by atoms with Crippen LogP contribution in [0.25, 0.3) is 0 Å². The van der Waals surface area contributed by atoms with Gasteiger partial charge in [0.15, 0.2) is 0 Å². The second-order valence-electron chi connectivity index (χ2n) is 3.76. The van der Waals surface area contributed by atoms with Crippen molar-refractivity contribution in [3.05, 3.63) is 29.6 Å². The largest absolute Gasteiger partial charge is 0.497 e. The van der Waals surface area contributed by atoms with E-state index in [-0.39, 0.29) is 11.9 Å². The number of hydrogen-bond donors (Lipinski definition) is 1. The van der Waals surface area contributed by atoms with Crippen molar-refractivity contribution in [2.24, 2.45) is 5.73 Å². The summed E-state index contributed by atoms with van der Waals surface area (Å²) >= 11 is 0. The third-order valence-electron chi connectivity index (χ3n) is 2.17. The third kappa shape index (κ3) is 3.18. The van der Waals surface area contributed by atoms with Crippen LogP contribution < -0.4 is 10.5 Å². The molecule has 0 aliphatic carbocycles. The fourth-order valence-corrected chi connectivity index (χ4v) is 1.43. The maximum Gasteiger partial charge on any atom is 0.131 e. The molecule has 1 aromatic carbocycles. The van der Waals surface area contributed by atoms with Gasteiger partial charge in [0.1, 0.15) is 11.6 Å². The fraction of sp³-hybridized carbons (Fsp3) is 0.455. The van der Waals surface area contributed by atoms with Gasteiger partial charge in [-0.2, -0.15) is 0 Å². The Hall–Kier alpha value is -1.13.